The van der Waals surface area contributed by atoms with Gasteiger partial charge in [0.2, 0.25) is 5.91 Å². The Hall–Kier alpha value is -2.69. The second-order valence-corrected chi connectivity index (χ2v) is 10.8. The lowest BCUT2D eigenvalue weighted by atomic mass is 10.0. The lowest BCUT2D eigenvalue weighted by molar-refractivity contribution is -0.123. The molecule has 0 aromatic carbocycles. The van der Waals surface area contributed by atoms with Gasteiger partial charge in [-0.25, -0.2) is 0 Å². The Kier molecular flexibility index (Phi) is 31.7. The highest BCUT2D eigenvalue weighted by Gasteiger charge is 2.19. The van der Waals surface area contributed by atoms with Gasteiger partial charge >= 0.3 is 0 Å². The first-order valence-corrected chi connectivity index (χ1v) is 16.9. The van der Waals surface area contributed by atoms with E-state index in [9.17, 15) is 15.0 Å². The number of carbonyl (C=O) groups is 1. The van der Waals surface area contributed by atoms with Gasteiger partial charge in [-0.05, 0) is 77.0 Å². The van der Waals surface area contributed by atoms with Crippen LogP contribution in [0.2, 0.25) is 0 Å². The maximum atomic E-state index is 12.2. The summed E-state index contributed by atoms with van der Waals surface area (Å²) in [7, 11) is 0. The first kappa shape index (κ1) is 40.3. The lowest BCUT2D eigenvalue weighted by Gasteiger charge is -2.22. The fraction of sp³-hybridized carbons (Fsp3) is 0.564. The number of aliphatic hydroxyl groups is 2. The van der Waals surface area contributed by atoms with E-state index in [0.29, 0.717) is 12.8 Å². The molecule has 0 aliphatic heterocycles. The molecule has 0 fully saturated rings. The molecule has 0 saturated heterocycles. The zero-order chi connectivity index (χ0) is 31.5. The zero-order valence-electron chi connectivity index (χ0n) is 27.4. The van der Waals surface area contributed by atoms with E-state index in [2.05, 4.69) is 116 Å². The topological polar surface area (TPSA) is 69.6 Å². The van der Waals surface area contributed by atoms with Crippen LogP contribution in [0.5, 0.6) is 0 Å². The molecule has 0 aliphatic rings. The van der Waals surface area contributed by atoms with Gasteiger partial charge in [0.05, 0.1) is 18.8 Å². The number of nitrogens with one attached hydrogen (secondary N) is 1. The predicted octanol–water partition coefficient (Wildman–Crippen LogP) is 9.95. The largest absolute Gasteiger partial charge is 0.394 e. The molecule has 4 nitrogen and oxygen atoms in total. The Morgan fingerprint density at radius 2 is 1.02 bits per heavy atom. The van der Waals surface area contributed by atoms with E-state index in [1.165, 1.54) is 0 Å². The Morgan fingerprint density at radius 1 is 0.581 bits per heavy atom. The third-order valence-corrected chi connectivity index (χ3v) is 6.86. The second-order valence-electron chi connectivity index (χ2n) is 10.8. The molecule has 4 heteroatoms. The molecule has 2 unspecified atom stereocenters. The summed E-state index contributed by atoms with van der Waals surface area (Å²) in [4.78, 5) is 12.2. The Balaban J connectivity index is 3.73. The molecule has 0 radical (unpaired) electrons. The summed E-state index contributed by atoms with van der Waals surface area (Å²) in [6.45, 7) is 4.08. The summed E-state index contributed by atoms with van der Waals surface area (Å²) in [6, 6.07) is -0.561. The Bertz CT molecular complexity index is 860. The van der Waals surface area contributed by atoms with Gasteiger partial charge < -0.3 is 15.5 Å². The number of unbranched alkanes of at least 4 members (excludes halogenated alkanes) is 5. The van der Waals surface area contributed by atoms with E-state index in [4.69, 9.17) is 0 Å². The first-order valence-electron chi connectivity index (χ1n) is 16.9. The van der Waals surface area contributed by atoms with Crippen molar-refractivity contribution >= 4 is 5.91 Å². The van der Waals surface area contributed by atoms with Gasteiger partial charge in [0.25, 0.3) is 0 Å². The third kappa shape index (κ3) is 30.6. The molecule has 0 heterocycles. The van der Waals surface area contributed by atoms with Crippen LogP contribution in [0.1, 0.15) is 123 Å². The monoisotopic (exact) mass is 593 g/mol. The van der Waals surface area contributed by atoms with E-state index in [1.807, 2.05) is 0 Å². The number of hydrogen-bond donors (Lipinski definition) is 3. The molecule has 242 valence electrons. The van der Waals surface area contributed by atoms with Crippen LogP contribution >= 0.6 is 0 Å². The minimum atomic E-state index is -0.679. The minimum absolute atomic E-state index is 0.0898. The standard InChI is InChI=1S/C39H63NO3/c1-3-5-7-9-10-11-12-13-14-15-16-17-18-19-20-21-22-23-24-25-26-27-28-29-30-31-33-35-39(43)40-37(36-41)38(42)34-32-8-6-4-2/h5,7,10-11,13-14,16-17,19-20,22-23,25-26,28-29,37-38,41-42H,3-4,6,8-9,12,15,18,21,24,27,30-36H2,1-2H3,(H,40,43)/b7-5-,11-10-,14-13-,17-16-,20-19-,23-22-,26-25-,29-28-. The van der Waals surface area contributed by atoms with Crippen molar-refractivity contribution in [2.24, 2.45) is 0 Å². The van der Waals surface area contributed by atoms with E-state index in [0.717, 1.165) is 96.3 Å². The average molecular weight is 594 g/mol. The molecule has 2 atom stereocenters. The van der Waals surface area contributed by atoms with Gasteiger partial charge in [0.1, 0.15) is 0 Å². The molecule has 0 rings (SSSR count). The van der Waals surface area contributed by atoms with Gasteiger partial charge in [0.15, 0.2) is 0 Å². The molecule has 0 bridgehead atoms. The number of aliphatic hydroxyl groups excluding tert-OH is 2. The smallest absolute Gasteiger partial charge is 0.220 e. The van der Waals surface area contributed by atoms with Gasteiger partial charge in [-0.15, -0.1) is 0 Å². The second kappa shape index (κ2) is 33.8. The summed E-state index contributed by atoms with van der Waals surface area (Å²) < 4.78 is 0. The fourth-order valence-electron chi connectivity index (χ4n) is 4.25. The normalized spacial score (nSPS) is 14.4. The third-order valence-electron chi connectivity index (χ3n) is 6.86. The maximum Gasteiger partial charge on any atom is 0.220 e. The first-order chi connectivity index (χ1) is 21.2. The summed E-state index contributed by atoms with van der Waals surface area (Å²) >= 11 is 0. The number of amides is 1. The fourth-order valence-corrected chi connectivity index (χ4v) is 4.25. The van der Waals surface area contributed by atoms with Gasteiger partial charge in [0, 0.05) is 6.42 Å². The molecule has 0 aromatic rings. The SMILES string of the molecule is CC/C=C\C/C=C\C/C=C\C/C=C\C/C=C\C/C=C\C/C=C\C/C=C\CCCCC(=O)NC(CO)C(O)CCCCCC. The number of allylic oxidation sites excluding steroid dienone is 16. The van der Waals surface area contributed by atoms with Crippen molar-refractivity contribution in [3.05, 3.63) is 97.2 Å². The highest BCUT2D eigenvalue weighted by atomic mass is 16.3. The zero-order valence-corrected chi connectivity index (χ0v) is 27.4. The number of hydrogen-bond acceptors (Lipinski definition) is 3. The summed E-state index contributed by atoms with van der Waals surface area (Å²) in [5.41, 5.74) is 0. The Morgan fingerprint density at radius 3 is 1.44 bits per heavy atom. The van der Waals surface area contributed by atoms with Crippen molar-refractivity contribution in [1.29, 1.82) is 0 Å². The van der Waals surface area contributed by atoms with Gasteiger partial charge in [-0.2, -0.15) is 0 Å². The Labute approximate surface area is 264 Å². The van der Waals surface area contributed by atoms with Crippen molar-refractivity contribution in [3.63, 3.8) is 0 Å². The quantitative estimate of drug-likeness (QED) is 0.0624. The van der Waals surface area contributed by atoms with Crippen LogP contribution in [0.4, 0.5) is 0 Å². The van der Waals surface area contributed by atoms with Crippen LogP contribution in [-0.4, -0.2) is 34.9 Å². The van der Waals surface area contributed by atoms with Crippen LogP contribution in [0.15, 0.2) is 97.2 Å². The molecule has 3 N–H and O–H groups in total. The van der Waals surface area contributed by atoms with Crippen molar-refractivity contribution < 1.29 is 15.0 Å². The van der Waals surface area contributed by atoms with Crippen molar-refractivity contribution in [2.45, 2.75) is 135 Å². The van der Waals surface area contributed by atoms with E-state index >= 15 is 0 Å². The van der Waals surface area contributed by atoms with Gasteiger partial charge in [-0.1, -0.05) is 137 Å². The van der Waals surface area contributed by atoms with Crippen molar-refractivity contribution in [3.8, 4) is 0 Å². The predicted molar refractivity (Wildman–Crippen MR) is 188 cm³/mol. The molecular weight excluding hydrogens is 530 g/mol. The maximum absolute atomic E-state index is 12.2. The number of rotatable bonds is 28. The highest BCUT2D eigenvalue weighted by Crippen LogP contribution is 2.09. The van der Waals surface area contributed by atoms with E-state index < -0.39 is 12.1 Å². The van der Waals surface area contributed by atoms with E-state index in [-0.39, 0.29) is 12.5 Å². The molecule has 0 spiro atoms. The summed E-state index contributed by atoms with van der Waals surface area (Å²) in [5, 5.41) is 22.5. The van der Waals surface area contributed by atoms with Gasteiger partial charge in [-0.3, -0.25) is 4.79 Å². The van der Waals surface area contributed by atoms with Crippen LogP contribution in [-0.2, 0) is 4.79 Å². The molecule has 43 heavy (non-hydrogen) atoms. The number of carbonyl (C=O) groups excluding carboxylic acids is 1. The molecule has 0 saturated carbocycles. The van der Waals surface area contributed by atoms with Crippen LogP contribution in [0, 0.1) is 0 Å². The molecular formula is C39H63NO3. The van der Waals surface area contributed by atoms with Crippen molar-refractivity contribution in [1.82, 2.24) is 5.32 Å². The van der Waals surface area contributed by atoms with Crippen LogP contribution in [0.3, 0.4) is 0 Å². The molecule has 0 aliphatic carbocycles. The summed E-state index contributed by atoms with van der Waals surface area (Å²) in [5.74, 6) is -0.0898. The molecule has 1 amide bonds. The lowest BCUT2D eigenvalue weighted by Crippen LogP contribution is -2.45. The minimum Gasteiger partial charge on any atom is -0.394 e. The van der Waals surface area contributed by atoms with Crippen LogP contribution in [0.25, 0.3) is 0 Å². The summed E-state index contributed by atoms with van der Waals surface area (Å²) in [6.07, 6.45) is 50.7. The van der Waals surface area contributed by atoms with E-state index in [1.54, 1.807) is 0 Å². The average Bonchev–Trinajstić information content (AvgIpc) is 3.01. The highest BCUT2D eigenvalue weighted by molar-refractivity contribution is 5.76. The van der Waals surface area contributed by atoms with Crippen LogP contribution < -0.4 is 5.32 Å². The van der Waals surface area contributed by atoms with Crippen molar-refractivity contribution in [2.75, 3.05) is 6.61 Å². The molecule has 0 aromatic heterocycles.